The van der Waals surface area contributed by atoms with E-state index in [2.05, 4.69) is 19.9 Å². The van der Waals surface area contributed by atoms with Crippen molar-refractivity contribution in [3.8, 4) is 5.75 Å². The second-order valence-electron chi connectivity index (χ2n) is 8.54. The summed E-state index contributed by atoms with van der Waals surface area (Å²) >= 11 is 0. The Kier molecular flexibility index (Phi) is 3.76. The highest BCUT2D eigenvalue weighted by Gasteiger charge is 2.59. The van der Waals surface area contributed by atoms with Crippen LogP contribution in [0.4, 0.5) is 0 Å². The van der Waals surface area contributed by atoms with Crippen molar-refractivity contribution >= 4 is 5.78 Å². The number of Topliss-reactive ketones (excluding diaryl/α,β-unsaturated/α-hetero) is 1. The molecule has 0 spiro atoms. The molecule has 0 bridgehead atoms. The Morgan fingerprint density at radius 1 is 1.38 bits per heavy atom. The van der Waals surface area contributed by atoms with Crippen LogP contribution in [0.3, 0.4) is 0 Å². The minimum absolute atomic E-state index is 0.140. The van der Waals surface area contributed by atoms with Gasteiger partial charge in [-0.15, -0.1) is 0 Å². The summed E-state index contributed by atoms with van der Waals surface area (Å²) in [6.45, 7) is 4.36. The van der Waals surface area contributed by atoms with Crippen molar-refractivity contribution in [2.75, 3.05) is 0 Å². The second kappa shape index (κ2) is 5.59. The van der Waals surface area contributed by atoms with Gasteiger partial charge in [-0.05, 0) is 79.0 Å². The van der Waals surface area contributed by atoms with E-state index in [4.69, 9.17) is 5.73 Å². The van der Waals surface area contributed by atoms with Crippen molar-refractivity contribution in [3.05, 3.63) is 29.3 Å². The standard InChI is InChI=1S/C21H29NO2/c1-3-18(22)17-11-19(24)21(2)9-8-15-14-7-5-13(23)10-12(14)4-6-16(15)20(17)21/h5,7,10,15-18,20,23H,3-4,6,8-9,11,22H2,1-2H3/t15-,16-,17-,18?,20-,21-/m1/s1. The quantitative estimate of drug-likeness (QED) is 0.869. The molecule has 3 heteroatoms. The van der Waals surface area contributed by atoms with E-state index in [1.165, 1.54) is 11.1 Å². The van der Waals surface area contributed by atoms with Crippen molar-refractivity contribution in [2.24, 2.45) is 28.9 Å². The number of hydrogen-bond donors (Lipinski definition) is 2. The summed E-state index contributed by atoms with van der Waals surface area (Å²) in [7, 11) is 0. The molecule has 4 rings (SSSR count). The molecule has 0 aromatic heterocycles. The van der Waals surface area contributed by atoms with Gasteiger partial charge in [0.25, 0.3) is 0 Å². The van der Waals surface area contributed by atoms with Crippen LogP contribution in [0.5, 0.6) is 5.75 Å². The van der Waals surface area contributed by atoms with Crippen molar-refractivity contribution in [3.63, 3.8) is 0 Å². The molecule has 1 unspecified atom stereocenters. The molecule has 2 fully saturated rings. The van der Waals surface area contributed by atoms with Gasteiger partial charge in [0.15, 0.2) is 0 Å². The van der Waals surface area contributed by atoms with Crippen LogP contribution in [0.1, 0.15) is 63.0 Å². The van der Waals surface area contributed by atoms with E-state index in [0.717, 1.165) is 32.1 Å². The third-order valence-electron chi connectivity index (χ3n) is 7.50. The van der Waals surface area contributed by atoms with Crippen molar-refractivity contribution in [1.29, 1.82) is 0 Å². The maximum absolute atomic E-state index is 12.8. The normalized spacial score (nSPS) is 39.0. The Labute approximate surface area is 144 Å². The average Bonchev–Trinajstić information content (AvgIpc) is 2.85. The molecule has 2 saturated carbocycles. The predicted molar refractivity (Wildman–Crippen MR) is 94.9 cm³/mol. The lowest BCUT2D eigenvalue weighted by Crippen LogP contribution is -2.47. The SMILES string of the molecule is CCC(N)[C@H]1CC(=O)[C@@]2(C)CC[C@@H]3c4ccc(O)cc4CC[C@H]3[C@H]12. The summed E-state index contributed by atoms with van der Waals surface area (Å²) < 4.78 is 0. The highest BCUT2D eigenvalue weighted by molar-refractivity contribution is 5.87. The van der Waals surface area contributed by atoms with Crippen LogP contribution >= 0.6 is 0 Å². The Balaban J connectivity index is 1.73. The van der Waals surface area contributed by atoms with E-state index in [-0.39, 0.29) is 11.5 Å². The van der Waals surface area contributed by atoms with Gasteiger partial charge in [0, 0.05) is 17.9 Å². The summed E-state index contributed by atoms with van der Waals surface area (Å²) in [6, 6.07) is 6.02. The van der Waals surface area contributed by atoms with Gasteiger partial charge in [-0.25, -0.2) is 0 Å². The van der Waals surface area contributed by atoms with Crippen molar-refractivity contribution in [2.45, 2.75) is 64.3 Å². The van der Waals surface area contributed by atoms with E-state index in [0.29, 0.717) is 41.6 Å². The first-order valence-electron chi connectivity index (χ1n) is 9.56. The molecule has 3 N–H and O–H groups in total. The Morgan fingerprint density at radius 2 is 2.17 bits per heavy atom. The smallest absolute Gasteiger partial charge is 0.139 e. The van der Waals surface area contributed by atoms with Gasteiger partial charge >= 0.3 is 0 Å². The number of phenols is 1. The molecule has 6 atom stereocenters. The van der Waals surface area contributed by atoms with E-state index in [9.17, 15) is 9.90 Å². The second-order valence-corrected chi connectivity index (χ2v) is 8.54. The van der Waals surface area contributed by atoms with Crippen LogP contribution in [-0.2, 0) is 11.2 Å². The van der Waals surface area contributed by atoms with Gasteiger partial charge in [0.2, 0.25) is 0 Å². The van der Waals surface area contributed by atoms with Gasteiger partial charge in [0.1, 0.15) is 11.5 Å². The molecule has 0 heterocycles. The van der Waals surface area contributed by atoms with E-state index >= 15 is 0 Å². The Bertz CT molecular complexity index is 670. The first kappa shape index (κ1) is 16.1. The molecule has 3 nitrogen and oxygen atoms in total. The molecule has 130 valence electrons. The van der Waals surface area contributed by atoms with Gasteiger partial charge in [0.05, 0.1) is 0 Å². The van der Waals surface area contributed by atoms with Gasteiger partial charge < -0.3 is 10.8 Å². The van der Waals surface area contributed by atoms with Gasteiger partial charge in [-0.3, -0.25) is 4.79 Å². The minimum Gasteiger partial charge on any atom is -0.508 e. The lowest BCUT2D eigenvalue weighted by molar-refractivity contribution is -0.129. The lowest BCUT2D eigenvalue weighted by Gasteiger charge is -2.50. The average molecular weight is 327 g/mol. The zero-order chi connectivity index (χ0) is 17.1. The van der Waals surface area contributed by atoms with E-state index in [1.807, 2.05) is 12.1 Å². The molecule has 3 aliphatic rings. The van der Waals surface area contributed by atoms with Crippen LogP contribution in [0.25, 0.3) is 0 Å². The number of rotatable bonds is 2. The maximum Gasteiger partial charge on any atom is 0.139 e. The summed E-state index contributed by atoms with van der Waals surface area (Å²) in [5.41, 5.74) is 9.02. The fourth-order valence-corrected chi connectivity index (χ4v) is 6.23. The third-order valence-corrected chi connectivity index (χ3v) is 7.50. The fourth-order valence-electron chi connectivity index (χ4n) is 6.23. The molecule has 3 aliphatic carbocycles. The third kappa shape index (κ3) is 2.17. The molecule has 0 amide bonds. The van der Waals surface area contributed by atoms with Crippen LogP contribution in [-0.4, -0.2) is 16.9 Å². The first-order valence-corrected chi connectivity index (χ1v) is 9.56. The number of carbonyl (C=O) groups is 1. The Hall–Kier alpha value is -1.35. The zero-order valence-corrected chi connectivity index (χ0v) is 14.8. The fraction of sp³-hybridized carbons (Fsp3) is 0.667. The van der Waals surface area contributed by atoms with Crippen LogP contribution in [0.15, 0.2) is 18.2 Å². The maximum atomic E-state index is 12.8. The number of ketones is 1. The number of benzene rings is 1. The molecular weight excluding hydrogens is 298 g/mol. The van der Waals surface area contributed by atoms with Gasteiger partial charge in [-0.2, -0.15) is 0 Å². The monoisotopic (exact) mass is 327 g/mol. The number of aryl methyl sites for hydroxylation is 1. The molecule has 0 aliphatic heterocycles. The Morgan fingerprint density at radius 3 is 2.92 bits per heavy atom. The number of fused-ring (bicyclic) bond motifs is 5. The zero-order valence-electron chi connectivity index (χ0n) is 14.8. The summed E-state index contributed by atoms with van der Waals surface area (Å²) in [5, 5.41) is 9.80. The highest BCUT2D eigenvalue weighted by Crippen LogP contribution is 2.62. The summed E-state index contributed by atoms with van der Waals surface area (Å²) in [5.74, 6) is 2.70. The van der Waals surface area contributed by atoms with Crippen LogP contribution < -0.4 is 5.73 Å². The van der Waals surface area contributed by atoms with Crippen molar-refractivity contribution in [1.82, 2.24) is 0 Å². The van der Waals surface area contributed by atoms with Crippen LogP contribution in [0, 0.1) is 23.2 Å². The summed E-state index contributed by atoms with van der Waals surface area (Å²) in [6.07, 6.45) is 5.86. The van der Waals surface area contributed by atoms with E-state index in [1.54, 1.807) is 0 Å². The summed E-state index contributed by atoms with van der Waals surface area (Å²) in [4.78, 5) is 12.8. The highest BCUT2D eigenvalue weighted by atomic mass is 16.3. The van der Waals surface area contributed by atoms with E-state index < -0.39 is 0 Å². The molecule has 0 radical (unpaired) electrons. The predicted octanol–water partition coefficient (Wildman–Crippen LogP) is 3.78. The number of carbonyl (C=O) groups excluding carboxylic acids is 1. The van der Waals surface area contributed by atoms with Gasteiger partial charge in [-0.1, -0.05) is 19.9 Å². The van der Waals surface area contributed by atoms with Crippen LogP contribution in [0.2, 0.25) is 0 Å². The number of aromatic hydroxyl groups is 1. The minimum atomic E-state index is -0.160. The van der Waals surface area contributed by atoms with Crippen molar-refractivity contribution < 1.29 is 9.90 Å². The first-order chi connectivity index (χ1) is 11.5. The topological polar surface area (TPSA) is 63.3 Å². The number of hydrogen-bond acceptors (Lipinski definition) is 3. The molecule has 24 heavy (non-hydrogen) atoms. The molecule has 0 saturated heterocycles. The molecule has 1 aromatic rings. The number of phenolic OH excluding ortho intramolecular Hbond substituents is 1. The molecule has 1 aromatic carbocycles. The molecular formula is C21H29NO2. The largest absolute Gasteiger partial charge is 0.508 e. The lowest BCUT2D eigenvalue weighted by atomic mass is 9.53. The number of nitrogens with two attached hydrogens (primary N) is 1.